The number of carbonyl (C=O) groups is 2. The zero-order valence-electron chi connectivity index (χ0n) is 11.1. The van der Waals surface area contributed by atoms with Crippen molar-refractivity contribution < 1.29 is 14.7 Å². The molecule has 4 nitrogen and oxygen atoms in total. The molecule has 0 saturated carbocycles. The SMILES string of the molecule is CC(C)SCC(=O)NC(CC(=O)O)c1ccccc1. The Morgan fingerprint density at radius 3 is 2.42 bits per heavy atom. The first-order valence-electron chi connectivity index (χ1n) is 6.16. The van der Waals surface area contributed by atoms with Gasteiger partial charge in [0.25, 0.3) is 0 Å². The van der Waals surface area contributed by atoms with Crippen molar-refractivity contribution in [2.45, 2.75) is 31.6 Å². The van der Waals surface area contributed by atoms with Gasteiger partial charge in [0, 0.05) is 0 Å². The van der Waals surface area contributed by atoms with Gasteiger partial charge in [0.1, 0.15) is 0 Å². The van der Waals surface area contributed by atoms with E-state index in [1.165, 1.54) is 11.8 Å². The van der Waals surface area contributed by atoms with Gasteiger partial charge in [-0.15, -0.1) is 11.8 Å². The van der Waals surface area contributed by atoms with Crippen LogP contribution in [0.3, 0.4) is 0 Å². The highest BCUT2D eigenvalue weighted by atomic mass is 32.2. The van der Waals surface area contributed by atoms with Crippen molar-refractivity contribution in [3.8, 4) is 0 Å². The van der Waals surface area contributed by atoms with Crippen molar-refractivity contribution in [2.24, 2.45) is 0 Å². The smallest absolute Gasteiger partial charge is 0.305 e. The lowest BCUT2D eigenvalue weighted by Crippen LogP contribution is -2.31. The zero-order valence-corrected chi connectivity index (χ0v) is 11.9. The summed E-state index contributed by atoms with van der Waals surface area (Å²) < 4.78 is 0. The molecule has 1 amide bonds. The summed E-state index contributed by atoms with van der Waals surface area (Å²) >= 11 is 1.54. The quantitative estimate of drug-likeness (QED) is 0.805. The molecule has 0 radical (unpaired) electrons. The fourth-order valence-electron chi connectivity index (χ4n) is 1.59. The van der Waals surface area contributed by atoms with E-state index in [0.717, 1.165) is 5.56 Å². The van der Waals surface area contributed by atoms with Crippen LogP contribution in [-0.4, -0.2) is 28.0 Å². The molecule has 1 rings (SSSR count). The van der Waals surface area contributed by atoms with E-state index in [2.05, 4.69) is 5.32 Å². The van der Waals surface area contributed by atoms with Crippen LogP contribution < -0.4 is 5.32 Å². The fourth-order valence-corrected chi connectivity index (χ4v) is 2.16. The van der Waals surface area contributed by atoms with Crippen molar-refractivity contribution >= 4 is 23.6 Å². The van der Waals surface area contributed by atoms with Gasteiger partial charge in [-0.2, -0.15) is 0 Å². The molecule has 0 aromatic heterocycles. The normalized spacial score (nSPS) is 12.2. The first-order valence-corrected chi connectivity index (χ1v) is 7.21. The van der Waals surface area contributed by atoms with E-state index in [1.54, 1.807) is 0 Å². The molecule has 1 atom stereocenters. The van der Waals surface area contributed by atoms with Gasteiger partial charge in [0.2, 0.25) is 5.91 Å². The molecule has 1 aromatic carbocycles. The number of carboxylic acids is 1. The van der Waals surface area contributed by atoms with Crippen LogP contribution in [0.2, 0.25) is 0 Å². The summed E-state index contributed by atoms with van der Waals surface area (Å²) in [5.41, 5.74) is 0.813. The van der Waals surface area contributed by atoms with Gasteiger partial charge in [-0.1, -0.05) is 44.2 Å². The summed E-state index contributed by atoms with van der Waals surface area (Å²) in [6.07, 6.45) is -0.109. The maximum absolute atomic E-state index is 11.8. The highest BCUT2D eigenvalue weighted by molar-refractivity contribution is 8.00. The Bertz CT molecular complexity index is 420. The van der Waals surface area contributed by atoms with Gasteiger partial charge in [0.15, 0.2) is 0 Å². The first-order chi connectivity index (χ1) is 8.99. The number of aliphatic carboxylic acids is 1. The highest BCUT2D eigenvalue weighted by Crippen LogP contribution is 2.17. The number of nitrogens with one attached hydrogen (secondary N) is 1. The second-order valence-corrected chi connectivity index (χ2v) is 6.05. The molecule has 0 saturated heterocycles. The number of hydrogen-bond donors (Lipinski definition) is 2. The molecule has 0 aliphatic rings. The largest absolute Gasteiger partial charge is 0.481 e. The molecular weight excluding hydrogens is 262 g/mol. The number of thioether (sulfide) groups is 1. The number of amides is 1. The Morgan fingerprint density at radius 1 is 1.26 bits per heavy atom. The topological polar surface area (TPSA) is 66.4 Å². The van der Waals surface area contributed by atoms with Crippen LogP contribution in [0.4, 0.5) is 0 Å². The van der Waals surface area contributed by atoms with Gasteiger partial charge in [-0.3, -0.25) is 9.59 Å². The van der Waals surface area contributed by atoms with E-state index in [9.17, 15) is 9.59 Å². The third kappa shape index (κ3) is 6.29. The molecule has 0 heterocycles. The lowest BCUT2D eigenvalue weighted by molar-refractivity contribution is -0.137. The lowest BCUT2D eigenvalue weighted by Gasteiger charge is -2.17. The molecule has 2 N–H and O–H groups in total. The molecule has 0 fully saturated rings. The monoisotopic (exact) mass is 281 g/mol. The second-order valence-electron chi connectivity index (χ2n) is 4.49. The van der Waals surface area contributed by atoms with Crippen LogP contribution in [0.25, 0.3) is 0 Å². The zero-order chi connectivity index (χ0) is 14.3. The average Bonchev–Trinajstić information content (AvgIpc) is 2.36. The van der Waals surface area contributed by atoms with E-state index < -0.39 is 12.0 Å². The maximum atomic E-state index is 11.8. The molecule has 0 spiro atoms. The van der Waals surface area contributed by atoms with Crippen LogP contribution in [0, 0.1) is 0 Å². The molecule has 1 aromatic rings. The number of carbonyl (C=O) groups excluding carboxylic acids is 1. The third-order valence-corrected chi connectivity index (χ3v) is 3.56. The number of rotatable bonds is 7. The Labute approximate surface area is 117 Å². The molecule has 104 valence electrons. The average molecular weight is 281 g/mol. The van der Waals surface area contributed by atoms with Crippen LogP contribution in [0.15, 0.2) is 30.3 Å². The molecule has 0 aliphatic heterocycles. The summed E-state index contributed by atoms with van der Waals surface area (Å²) in [5, 5.41) is 12.1. The van der Waals surface area contributed by atoms with Crippen molar-refractivity contribution in [1.82, 2.24) is 5.32 Å². The maximum Gasteiger partial charge on any atom is 0.305 e. The van der Waals surface area contributed by atoms with Crippen LogP contribution in [0.1, 0.15) is 31.9 Å². The number of hydrogen-bond acceptors (Lipinski definition) is 3. The summed E-state index contributed by atoms with van der Waals surface area (Å²) in [5.74, 6) is -0.708. The number of carboxylic acid groups (broad SMARTS) is 1. The van der Waals surface area contributed by atoms with Crippen molar-refractivity contribution in [3.63, 3.8) is 0 Å². The molecule has 5 heteroatoms. The van der Waals surface area contributed by atoms with Gasteiger partial charge in [-0.05, 0) is 10.8 Å². The Balaban J connectivity index is 2.65. The number of benzene rings is 1. The Morgan fingerprint density at radius 2 is 1.89 bits per heavy atom. The molecule has 0 aliphatic carbocycles. The van der Waals surface area contributed by atoms with Crippen LogP contribution in [0.5, 0.6) is 0 Å². The third-order valence-electron chi connectivity index (χ3n) is 2.46. The van der Waals surface area contributed by atoms with E-state index >= 15 is 0 Å². The standard InChI is InChI=1S/C14H19NO3S/c1-10(2)19-9-13(16)15-12(8-14(17)18)11-6-4-3-5-7-11/h3-7,10,12H,8-9H2,1-2H3,(H,15,16)(H,17,18). The minimum absolute atomic E-state index is 0.109. The fraction of sp³-hybridized carbons (Fsp3) is 0.429. The Hall–Kier alpha value is -1.49. The molecule has 1 unspecified atom stereocenters. The van der Waals surface area contributed by atoms with Crippen molar-refractivity contribution in [1.29, 1.82) is 0 Å². The van der Waals surface area contributed by atoms with E-state index in [1.807, 2.05) is 44.2 Å². The van der Waals surface area contributed by atoms with Crippen LogP contribution >= 0.6 is 11.8 Å². The summed E-state index contributed by atoms with van der Waals surface area (Å²) in [6.45, 7) is 4.04. The van der Waals surface area contributed by atoms with Gasteiger partial charge in [0.05, 0.1) is 18.2 Å². The van der Waals surface area contributed by atoms with Gasteiger partial charge >= 0.3 is 5.97 Å². The molecule has 19 heavy (non-hydrogen) atoms. The highest BCUT2D eigenvalue weighted by Gasteiger charge is 2.17. The van der Waals surface area contributed by atoms with E-state index in [-0.39, 0.29) is 12.3 Å². The van der Waals surface area contributed by atoms with Crippen molar-refractivity contribution in [3.05, 3.63) is 35.9 Å². The minimum Gasteiger partial charge on any atom is -0.481 e. The predicted octanol–water partition coefficient (Wildman–Crippen LogP) is 2.46. The van der Waals surface area contributed by atoms with Crippen molar-refractivity contribution in [2.75, 3.05) is 5.75 Å². The summed E-state index contributed by atoms with van der Waals surface area (Å²) in [7, 11) is 0. The van der Waals surface area contributed by atoms with E-state index in [0.29, 0.717) is 11.0 Å². The molecular formula is C14H19NO3S. The van der Waals surface area contributed by atoms with Gasteiger partial charge in [-0.25, -0.2) is 0 Å². The lowest BCUT2D eigenvalue weighted by atomic mass is 10.0. The predicted molar refractivity (Wildman–Crippen MR) is 77.2 cm³/mol. The summed E-state index contributed by atoms with van der Waals surface area (Å²) in [4.78, 5) is 22.7. The van der Waals surface area contributed by atoms with E-state index in [4.69, 9.17) is 5.11 Å². The first kappa shape index (κ1) is 15.6. The second kappa shape index (κ2) is 7.84. The minimum atomic E-state index is -0.925. The Kier molecular flexibility index (Phi) is 6.42. The molecule has 0 bridgehead atoms. The van der Waals surface area contributed by atoms with Crippen LogP contribution in [-0.2, 0) is 9.59 Å². The van der Waals surface area contributed by atoms with Gasteiger partial charge < -0.3 is 10.4 Å². The summed E-state index contributed by atoms with van der Waals surface area (Å²) in [6, 6.07) is 8.70.